The molecule has 0 aromatic carbocycles. The highest BCUT2D eigenvalue weighted by molar-refractivity contribution is 5.80. The normalized spacial score (nSPS) is 11.8. The van der Waals surface area contributed by atoms with Gasteiger partial charge in [0.1, 0.15) is 6.04 Å². The molecular weight excluding hydrogens is 306 g/mol. The van der Waals surface area contributed by atoms with E-state index in [1.165, 1.54) is 51.4 Å². The first-order valence-corrected chi connectivity index (χ1v) is 9.71. The zero-order chi connectivity index (χ0) is 18.0. The van der Waals surface area contributed by atoms with Crippen LogP contribution in [0.15, 0.2) is 0 Å². The first-order chi connectivity index (χ1) is 11.6. The van der Waals surface area contributed by atoms with Crippen LogP contribution in [0.3, 0.4) is 0 Å². The van der Waals surface area contributed by atoms with Gasteiger partial charge in [0.2, 0.25) is 0 Å². The maximum atomic E-state index is 11.7. The summed E-state index contributed by atoms with van der Waals surface area (Å²) in [5, 5.41) is 2.47. The van der Waals surface area contributed by atoms with Crippen molar-refractivity contribution in [2.75, 3.05) is 13.2 Å². The van der Waals surface area contributed by atoms with Crippen molar-refractivity contribution in [1.82, 2.24) is 5.32 Å². The molecule has 0 spiro atoms. The summed E-state index contributed by atoms with van der Waals surface area (Å²) in [6.45, 7) is 6.53. The molecule has 1 N–H and O–H groups in total. The van der Waals surface area contributed by atoms with Crippen LogP contribution in [0, 0.1) is 0 Å². The van der Waals surface area contributed by atoms with Gasteiger partial charge in [0.05, 0.1) is 13.2 Å². The lowest BCUT2D eigenvalue weighted by Gasteiger charge is -2.13. The molecule has 5 heteroatoms. The highest BCUT2D eigenvalue weighted by Crippen LogP contribution is 2.10. The molecule has 142 valence electrons. The van der Waals surface area contributed by atoms with Crippen molar-refractivity contribution in [1.29, 1.82) is 0 Å². The molecule has 0 radical (unpaired) electrons. The first kappa shape index (κ1) is 22.7. The number of esters is 1. The molecular formula is C19H37NO4. The van der Waals surface area contributed by atoms with Crippen LogP contribution in [0.4, 0.5) is 4.79 Å². The van der Waals surface area contributed by atoms with Gasteiger partial charge < -0.3 is 14.8 Å². The summed E-state index contributed by atoms with van der Waals surface area (Å²) in [7, 11) is 0. The molecule has 0 aliphatic rings. The van der Waals surface area contributed by atoms with Gasteiger partial charge in [-0.25, -0.2) is 9.59 Å². The van der Waals surface area contributed by atoms with Crippen molar-refractivity contribution in [3.8, 4) is 0 Å². The third kappa shape index (κ3) is 14.3. The van der Waals surface area contributed by atoms with E-state index in [0.717, 1.165) is 19.3 Å². The fourth-order valence-corrected chi connectivity index (χ4v) is 2.36. The number of hydrogen-bond acceptors (Lipinski definition) is 4. The highest BCUT2D eigenvalue weighted by atomic mass is 16.6. The van der Waals surface area contributed by atoms with E-state index in [4.69, 9.17) is 9.47 Å². The predicted molar refractivity (Wildman–Crippen MR) is 97.0 cm³/mol. The predicted octanol–water partition coefficient (Wildman–Crippen LogP) is 4.98. The number of alkyl carbamates (subject to hydrolysis) is 1. The summed E-state index contributed by atoms with van der Waals surface area (Å²) in [4.78, 5) is 23.1. The minimum absolute atomic E-state index is 0.353. The lowest BCUT2D eigenvalue weighted by molar-refractivity contribution is -0.145. The van der Waals surface area contributed by atoms with Gasteiger partial charge in [-0.05, 0) is 19.8 Å². The van der Waals surface area contributed by atoms with Crippen molar-refractivity contribution in [3.63, 3.8) is 0 Å². The monoisotopic (exact) mass is 343 g/mol. The Morgan fingerprint density at radius 1 is 0.750 bits per heavy atom. The number of rotatable bonds is 15. The van der Waals surface area contributed by atoms with Crippen LogP contribution in [0.1, 0.15) is 91.4 Å². The number of unbranched alkanes of at least 4 members (excludes halogenated alkanes) is 9. The fraction of sp³-hybridized carbons (Fsp3) is 0.895. The lowest BCUT2D eigenvalue weighted by Crippen LogP contribution is -2.40. The SMILES string of the molecule is CCCCCCCCCCCCOC(=O)C(C)NC(=O)OCCC. The molecule has 0 aliphatic heterocycles. The van der Waals surface area contributed by atoms with Crippen LogP contribution in [0.5, 0.6) is 0 Å². The molecule has 5 nitrogen and oxygen atoms in total. The van der Waals surface area contributed by atoms with E-state index in [-0.39, 0.29) is 0 Å². The number of carbonyl (C=O) groups excluding carboxylic acids is 2. The molecule has 0 fully saturated rings. The average Bonchev–Trinajstić information content (AvgIpc) is 2.57. The van der Waals surface area contributed by atoms with E-state index in [2.05, 4.69) is 12.2 Å². The maximum Gasteiger partial charge on any atom is 0.407 e. The van der Waals surface area contributed by atoms with Crippen molar-refractivity contribution in [3.05, 3.63) is 0 Å². The van der Waals surface area contributed by atoms with Crippen LogP contribution >= 0.6 is 0 Å². The molecule has 1 atom stereocenters. The highest BCUT2D eigenvalue weighted by Gasteiger charge is 2.17. The van der Waals surface area contributed by atoms with Gasteiger partial charge in [-0.15, -0.1) is 0 Å². The minimum atomic E-state index is -0.669. The number of hydrogen-bond donors (Lipinski definition) is 1. The third-order valence-electron chi connectivity index (χ3n) is 3.87. The summed E-state index contributed by atoms with van der Waals surface area (Å²) < 4.78 is 10.0. The van der Waals surface area contributed by atoms with Crippen molar-refractivity contribution >= 4 is 12.1 Å². The summed E-state index contributed by atoms with van der Waals surface area (Å²) in [6.07, 6.45) is 12.6. The van der Waals surface area contributed by atoms with Crippen LogP contribution < -0.4 is 5.32 Å². The maximum absolute atomic E-state index is 11.7. The molecule has 0 bridgehead atoms. The Hall–Kier alpha value is -1.26. The Morgan fingerprint density at radius 2 is 1.29 bits per heavy atom. The van der Waals surface area contributed by atoms with E-state index in [1.807, 2.05) is 6.92 Å². The summed E-state index contributed by atoms with van der Waals surface area (Å²) in [6, 6.07) is -0.669. The Kier molecular flexibility index (Phi) is 15.7. The molecule has 1 amide bonds. The Balaban J connectivity index is 3.43. The molecule has 0 saturated heterocycles. The fourth-order valence-electron chi connectivity index (χ4n) is 2.36. The summed E-state index contributed by atoms with van der Waals surface area (Å²) >= 11 is 0. The van der Waals surface area contributed by atoms with Crippen molar-refractivity contribution in [2.45, 2.75) is 97.4 Å². The molecule has 0 rings (SSSR count). The molecule has 0 saturated carbocycles. The van der Waals surface area contributed by atoms with Crippen molar-refractivity contribution in [2.24, 2.45) is 0 Å². The number of nitrogens with one attached hydrogen (secondary N) is 1. The number of amides is 1. The number of ether oxygens (including phenoxy) is 2. The van der Waals surface area contributed by atoms with Gasteiger partial charge in [-0.2, -0.15) is 0 Å². The van der Waals surface area contributed by atoms with E-state index in [1.54, 1.807) is 6.92 Å². The quantitative estimate of drug-likeness (QED) is 0.336. The standard InChI is InChI=1S/C19H37NO4/c1-4-6-7-8-9-10-11-12-13-14-16-23-18(21)17(3)20-19(22)24-15-5-2/h17H,4-16H2,1-3H3,(H,20,22). The van der Waals surface area contributed by atoms with E-state index in [0.29, 0.717) is 13.2 Å². The van der Waals surface area contributed by atoms with Gasteiger partial charge in [-0.1, -0.05) is 71.6 Å². The molecule has 1 unspecified atom stereocenters. The van der Waals surface area contributed by atoms with Gasteiger partial charge in [0.25, 0.3) is 0 Å². The topological polar surface area (TPSA) is 64.6 Å². The van der Waals surface area contributed by atoms with Crippen molar-refractivity contribution < 1.29 is 19.1 Å². The smallest absolute Gasteiger partial charge is 0.407 e. The summed E-state index contributed by atoms with van der Waals surface area (Å²) in [5.74, 6) is -0.403. The molecule has 0 aromatic rings. The second-order valence-electron chi connectivity index (χ2n) is 6.35. The molecule has 24 heavy (non-hydrogen) atoms. The first-order valence-electron chi connectivity index (χ1n) is 9.71. The zero-order valence-corrected chi connectivity index (χ0v) is 15.9. The second kappa shape index (κ2) is 16.6. The van der Waals surface area contributed by atoms with Crippen LogP contribution in [0.2, 0.25) is 0 Å². The van der Waals surface area contributed by atoms with E-state index < -0.39 is 18.1 Å². The Morgan fingerprint density at radius 3 is 1.83 bits per heavy atom. The van der Waals surface area contributed by atoms with Gasteiger partial charge in [0, 0.05) is 0 Å². The molecule has 0 aliphatic carbocycles. The van der Waals surface area contributed by atoms with Crippen LogP contribution in [-0.2, 0) is 14.3 Å². The average molecular weight is 344 g/mol. The van der Waals surface area contributed by atoms with Gasteiger partial charge >= 0.3 is 12.1 Å². The van der Waals surface area contributed by atoms with Crippen LogP contribution in [-0.4, -0.2) is 31.3 Å². The minimum Gasteiger partial charge on any atom is -0.464 e. The zero-order valence-electron chi connectivity index (χ0n) is 15.9. The molecule has 0 heterocycles. The molecule has 0 aromatic heterocycles. The van der Waals surface area contributed by atoms with E-state index >= 15 is 0 Å². The Bertz CT molecular complexity index is 320. The van der Waals surface area contributed by atoms with E-state index in [9.17, 15) is 9.59 Å². The van der Waals surface area contributed by atoms with Gasteiger partial charge in [-0.3, -0.25) is 0 Å². The lowest BCUT2D eigenvalue weighted by atomic mass is 10.1. The second-order valence-corrected chi connectivity index (χ2v) is 6.35. The third-order valence-corrected chi connectivity index (χ3v) is 3.87. The summed E-state index contributed by atoms with van der Waals surface area (Å²) in [5.41, 5.74) is 0. The largest absolute Gasteiger partial charge is 0.464 e. The van der Waals surface area contributed by atoms with Crippen LogP contribution in [0.25, 0.3) is 0 Å². The number of carbonyl (C=O) groups is 2. The van der Waals surface area contributed by atoms with Gasteiger partial charge in [0.15, 0.2) is 0 Å². The Labute approximate surface area is 147 Å².